The van der Waals surface area contributed by atoms with Crippen LogP contribution in [0.3, 0.4) is 0 Å². The molecule has 0 saturated heterocycles. The van der Waals surface area contributed by atoms with Crippen LogP contribution in [-0.4, -0.2) is 22.7 Å². The highest BCUT2D eigenvalue weighted by molar-refractivity contribution is 5.93. The van der Waals surface area contributed by atoms with Crippen molar-refractivity contribution < 1.29 is 13.9 Å². The van der Waals surface area contributed by atoms with E-state index in [9.17, 15) is 4.79 Å². The van der Waals surface area contributed by atoms with Crippen molar-refractivity contribution in [2.24, 2.45) is 0 Å². The van der Waals surface area contributed by atoms with Crippen LogP contribution in [0, 0.1) is 6.92 Å². The maximum atomic E-state index is 12.3. The second-order valence-corrected chi connectivity index (χ2v) is 7.38. The number of hydrogen-bond donors (Lipinski definition) is 1. The zero-order valence-electron chi connectivity index (χ0n) is 15.9. The summed E-state index contributed by atoms with van der Waals surface area (Å²) in [6, 6.07) is 13.4. The number of aryl methyl sites for hydroxylation is 1. The van der Waals surface area contributed by atoms with Crippen molar-refractivity contribution in [3.63, 3.8) is 0 Å². The maximum Gasteiger partial charge on any atom is 0.262 e. The van der Waals surface area contributed by atoms with Gasteiger partial charge in [-0.15, -0.1) is 10.2 Å². The number of carbonyl (C=O) groups excluding carboxylic acids is 1. The quantitative estimate of drug-likeness (QED) is 0.727. The Hall–Kier alpha value is -3.15. The molecule has 0 bridgehead atoms. The minimum absolute atomic E-state index is 0.0703. The fraction of sp³-hybridized carbons (Fsp3) is 0.286. The van der Waals surface area contributed by atoms with Crippen LogP contribution < -0.4 is 10.1 Å². The van der Waals surface area contributed by atoms with Crippen LogP contribution in [0.1, 0.15) is 31.9 Å². The van der Waals surface area contributed by atoms with E-state index in [1.165, 1.54) is 12.0 Å². The number of carbonyl (C=O) groups is 1. The van der Waals surface area contributed by atoms with Crippen molar-refractivity contribution in [3.8, 4) is 17.2 Å². The maximum absolute atomic E-state index is 12.3. The Morgan fingerprint density at radius 1 is 1.15 bits per heavy atom. The fourth-order valence-corrected chi connectivity index (χ4v) is 2.57. The van der Waals surface area contributed by atoms with E-state index in [-0.39, 0.29) is 17.9 Å². The Balaban J connectivity index is 1.62. The number of nitrogens with one attached hydrogen (secondary N) is 1. The average Bonchev–Trinajstić information content (AvgIpc) is 3.16. The van der Waals surface area contributed by atoms with Gasteiger partial charge in [0.05, 0.1) is 0 Å². The molecule has 0 radical (unpaired) electrons. The van der Waals surface area contributed by atoms with E-state index >= 15 is 0 Å². The van der Waals surface area contributed by atoms with Gasteiger partial charge in [0, 0.05) is 11.3 Å². The minimum Gasteiger partial charge on any atom is -0.484 e. The molecule has 0 spiro atoms. The predicted octanol–water partition coefficient (Wildman–Crippen LogP) is 4.36. The Kier molecular flexibility index (Phi) is 5.26. The molecule has 1 aromatic heterocycles. The summed E-state index contributed by atoms with van der Waals surface area (Å²) in [5, 5.41) is 10.4. The minimum atomic E-state index is -0.235. The summed E-state index contributed by atoms with van der Waals surface area (Å²) < 4.78 is 10.8. The fourth-order valence-electron chi connectivity index (χ4n) is 2.57. The normalized spacial score (nSPS) is 11.3. The number of rotatable bonds is 5. The number of aromatic nitrogens is 2. The summed E-state index contributed by atoms with van der Waals surface area (Å²) >= 11 is 0. The first-order chi connectivity index (χ1) is 12.8. The Bertz CT molecular complexity index is 911. The molecule has 0 saturated carbocycles. The molecule has 6 nitrogen and oxygen atoms in total. The number of ether oxygens (including phenoxy) is 1. The Morgan fingerprint density at radius 2 is 1.89 bits per heavy atom. The van der Waals surface area contributed by atoms with Gasteiger partial charge in [0.2, 0.25) is 12.3 Å². The molecule has 1 amide bonds. The molecule has 0 aliphatic carbocycles. The van der Waals surface area contributed by atoms with Gasteiger partial charge in [-0.25, -0.2) is 0 Å². The lowest BCUT2D eigenvalue weighted by Crippen LogP contribution is -2.20. The monoisotopic (exact) mass is 365 g/mol. The van der Waals surface area contributed by atoms with Crippen LogP contribution >= 0.6 is 0 Å². The smallest absolute Gasteiger partial charge is 0.262 e. The van der Waals surface area contributed by atoms with Gasteiger partial charge >= 0.3 is 0 Å². The van der Waals surface area contributed by atoms with Crippen molar-refractivity contribution in [2.45, 2.75) is 33.1 Å². The topological polar surface area (TPSA) is 77.3 Å². The van der Waals surface area contributed by atoms with Gasteiger partial charge < -0.3 is 14.5 Å². The standard InChI is InChI=1S/C21H23N3O3/c1-14-5-6-15(20-24-22-13-27-20)11-18(14)23-19(25)12-26-17-9-7-16(8-10-17)21(2,3)4/h5-11,13H,12H2,1-4H3,(H,23,25). The van der Waals surface area contributed by atoms with E-state index in [2.05, 4.69) is 36.3 Å². The Morgan fingerprint density at radius 3 is 2.52 bits per heavy atom. The van der Waals surface area contributed by atoms with E-state index in [1.807, 2.05) is 43.3 Å². The second kappa shape index (κ2) is 7.61. The largest absolute Gasteiger partial charge is 0.484 e. The zero-order valence-corrected chi connectivity index (χ0v) is 15.9. The van der Waals surface area contributed by atoms with Gasteiger partial charge in [-0.05, 0) is 47.7 Å². The van der Waals surface area contributed by atoms with Crippen molar-refractivity contribution in [1.82, 2.24) is 10.2 Å². The summed E-state index contributed by atoms with van der Waals surface area (Å²) in [7, 11) is 0. The highest BCUT2D eigenvalue weighted by Crippen LogP contribution is 2.25. The number of hydrogen-bond acceptors (Lipinski definition) is 5. The molecule has 0 fully saturated rings. The second-order valence-electron chi connectivity index (χ2n) is 7.38. The molecule has 3 rings (SSSR count). The number of nitrogens with zero attached hydrogens (tertiary/aromatic N) is 2. The van der Waals surface area contributed by atoms with Gasteiger partial charge in [-0.3, -0.25) is 4.79 Å². The van der Waals surface area contributed by atoms with E-state index in [0.29, 0.717) is 17.3 Å². The highest BCUT2D eigenvalue weighted by Gasteiger charge is 2.14. The molecule has 1 N–H and O–H groups in total. The molecule has 0 atom stereocenters. The third-order valence-electron chi connectivity index (χ3n) is 4.21. The summed E-state index contributed by atoms with van der Waals surface area (Å²) in [4.78, 5) is 12.3. The van der Waals surface area contributed by atoms with Gasteiger partial charge in [-0.1, -0.05) is 39.0 Å². The summed E-state index contributed by atoms with van der Waals surface area (Å²) in [6.45, 7) is 8.31. The van der Waals surface area contributed by atoms with E-state index in [1.54, 1.807) is 6.07 Å². The van der Waals surface area contributed by atoms with Gasteiger partial charge in [0.25, 0.3) is 5.91 Å². The highest BCUT2D eigenvalue weighted by atomic mass is 16.5. The lowest BCUT2D eigenvalue weighted by atomic mass is 9.87. The lowest BCUT2D eigenvalue weighted by Gasteiger charge is -2.19. The lowest BCUT2D eigenvalue weighted by molar-refractivity contribution is -0.118. The number of anilines is 1. The summed E-state index contributed by atoms with van der Waals surface area (Å²) in [5.41, 5.74) is 3.65. The third kappa shape index (κ3) is 4.73. The third-order valence-corrected chi connectivity index (χ3v) is 4.21. The molecule has 0 aliphatic heterocycles. The first-order valence-electron chi connectivity index (χ1n) is 8.73. The predicted molar refractivity (Wildman–Crippen MR) is 104 cm³/mol. The molecule has 6 heteroatoms. The summed E-state index contributed by atoms with van der Waals surface area (Å²) in [5.74, 6) is 0.829. The van der Waals surface area contributed by atoms with Crippen LogP contribution in [-0.2, 0) is 10.2 Å². The molecule has 27 heavy (non-hydrogen) atoms. The SMILES string of the molecule is Cc1ccc(-c2nnco2)cc1NC(=O)COc1ccc(C(C)(C)C)cc1. The van der Waals surface area contributed by atoms with E-state index in [0.717, 1.165) is 11.1 Å². The van der Waals surface area contributed by atoms with Crippen molar-refractivity contribution >= 4 is 11.6 Å². The molecule has 3 aromatic rings. The first-order valence-corrected chi connectivity index (χ1v) is 8.73. The van der Waals surface area contributed by atoms with Crippen LogP contribution in [0.15, 0.2) is 53.3 Å². The van der Waals surface area contributed by atoms with Crippen LogP contribution in [0.5, 0.6) is 5.75 Å². The summed E-state index contributed by atoms with van der Waals surface area (Å²) in [6.07, 6.45) is 1.27. The van der Waals surface area contributed by atoms with Gasteiger partial charge in [0.15, 0.2) is 6.61 Å². The van der Waals surface area contributed by atoms with E-state index in [4.69, 9.17) is 9.15 Å². The van der Waals surface area contributed by atoms with E-state index < -0.39 is 0 Å². The molecular formula is C21H23N3O3. The molecule has 0 aliphatic rings. The van der Waals surface area contributed by atoms with Crippen LogP contribution in [0.25, 0.3) is 11.5 Å². The van der Waals surface area contributed by atoms with Crippen LogP contribution in [0.2, 0.25) is 0 Å². The molecule has 0 unspecified atom stereocenters. The van der Waals surface area contributed by atoms with Gasteiger partial charge in [-0.2, -0.15) is 0 Å². The number of benzene rings is 2. The molecule has 140 valence electrons. The van der Waals surface area contributed by atoms with Crippen molar-refractivity contribution in [3.05, 3.63) is 60.0 Å². The number of amides is 1. The van der Waals surface area contributed by atoms with Gasteiger partial charge in [0.1, 0.15) is 5.75 Å². The van der Waals surface area contributed by atoms with Crippen molar-refractivity contribution in [1.29, 1.82) is 0 Å². The average molecular weight is 365 g/mol. The Labute approximate surface area is 158 Å². The zero-order chi connectivity index (χ0) is 19.4. The molecule has 2 aromatic carbocycles. The van der Waals surface area contributed by atoms with Crippen molar-refractivity contribution in [2.75, 3.05) is 11.9 Å². The molecular weight excluding hydrogens is 342 g/mol. The van der Waals surface area contributed by atoms with Crippen LogP contribution in [0.4, 0.5) is 5.69 Å². The first kappa shape index (κ1) is 18.6. The molecule has 1 heterocycles.